The summed E-state index contributed by atoms with van der Waals surface area (Å²) < 4.78 is 29.4. The molecule has 180 valence electrons. The number of carboxylic acids is 1. The number of carbonyl (C=O) groups is 2. The van der Waals surface area contributed by atoms with Crippen LogP contribution in [0.5, 0.6) is 5.75 Å². The molecule has 0 aliphatic heterocycles. The van der Waals surface area contributed by atoms with E-state index in [0.717, 1.165) is 11.1 Å². The van der Waals surface area contributed by atoms with E-state index in [0.29, 0.717) is 42.9 Å². The average Bonchev–Trinajstić information content (AvgIpc) is 3.36. The van der Waals surface area contributed by atoms with Crippen molar-refractivity contribution >= 4 is 11.9 Å². The van der Waals surface area contributed by atoms with Crippen molar-refractivity contribution in [3.63, 3.8) is 0 Å². The molecule has 2 aromatic carbocycles. The summed E-state index contributed by atoms with van der Waals surface area (Å²) in [4.78, 5) is 25.5. The first-order valence-corrected chi connectivity index (χ1v) is 11.5. The molecule has 0 saturated heterocycles. The van der Waals surface area contributed by atoms with Crippen LogP contribution < -0.4 is 4.74 Å². The summed E-state index contributed by atoms with van der Waals surface area (Å²) in [5.74, 6) is -0.189. The second-order valence-electron chi connectivity index (χ2n) is 8.49. The quantitative estimate of drug-likeness (QED) is 0.316. The molecule has 3 rings (SSSR count). The number of hydrogen-bond donors (Lipinski definition) is 1. The molecule has 0 aliphatic carbocycles. The Morgan fingerprint density at radius 3 is 2.50 bits per heavy atom. The van der Waals surface area contributed by atoms with E-state index < -0.39 is 24.4 Å². The van der Waals surface area contributed by atoms with E-state index in [4.69, 9.17) is 17.0 Å². The summed E-state index contributed by atoms with van der Waals surface area (Å²) in [6.45, 7) is 3.62. The highest BCUT2D eigenvalue weighted by Crippen LogP contribution is 2.25. The molecule has 3 aromatic rings. The van der Waals surface area contributed by atoms with Gasteiger partial charge in [0.25, 0.3) is 5.91 Å². The molecule has 6 heteroatoms. The molecule has 1 aromatic heterocycles. The number of aliphatic carboxylic acids is 1. The van der Waals surface area contributed by atoms with E-state index >= 15 is 0 Å². The molecule has 0 bridgehead atoms. The fourth-order valence-electron chi connectivity index (χ4n) is 3.50. The molecule has 0 unspecified atom stereocenters. The van der Waals surface area contributed by atoms with E-state index in [1.807, 2.05) is 19.1 Å². The first-order valence-electron chi connectivity index (χ1n) is 12.5. The van der Waals surface area contributed by atoms with Crippen molar-refractivity contribution in [1.29, 1.82) is 0 Å². The minimum Gasteiger partial charge on any atom is -0.493 e. The van der Waals surface area contributed by atoms with Crippen molar-refractivity contribution in [2.75, 3.05) is 6.61 Å². The molecule has 0 saturated carbocycles. The number of carbonyl (C=O) groups excluding carboxylic acids is 1. The fourth-order valence-corrected chi connectivity index (χ4v) is 3.50. The first kappa shape index (κ1) is 22.3. The topological polar surface area (TPSA) is 80.0 Å². The SMILES string of the molecule is [2H]C([2H])(c1cc(C)ccc1OCCCCCC(=O)O)N(C(=O)c1ccc(-c2ccco2)cc1)C(C)C. The van der Waals surface area contributed by atoms with Gasteiger partial charge in [0.05, 0.1) is 15.6 Å². The summed E-state index contributed by atoms with van der Waals surface area (Å²) in [5.41, 5.74) is 2.33. The highest BCUT2D eigenvalue weighted by molar-refractivity contribution is 5.94. The van der Waals surface area contributed by atoms with Crippen LogP contribution in [0, 0.1) is 6.92 Å². The maximum Gasteiger partial charge on any atom is 0.303 e. The molecular weight excluding hydrogens is 430 g/mol. The molecule has 6 nitrogen and oxygen atoms in total. The van der Waals surface area contributed by atoms with Crippen molar-refractivity contribution in [2.24, 2.45) is 0 Å². The third kappa shape index (κ3) is 6.98. The molecule has 0 fully saturated rings. The van der Waals surface area contributed by atoms with Crippen LogP contribution in [0.2, 0.25) is 0 Å². The van der Waals surface area contributed by atoms with Gasteiger partial charge in [-0.1, -0.05) is 29.8 Å². The lowest BCUT2D eigenvalue weighted by Gasteiger charge is -2.28. The Kier molecular flexibility index (Phi) is 7.90. The second-order valence-corrected chi connectivity index (χ2v) is 8.49. The van der Waals surface area contributed by atoms with Gasteiger partial charge < -0.3 is 19.2 Å². The zero-order chi connectivity index (χ0) is 26.3. The van der Waals surface area contributed by atoms with Crippen molar-refractivity contribution < 1.29 is 26.6 Å². The van der Waals surface area contributed by atoms with Crippen LogP contribution in [-0.4, -0.2) is 34.5 Å². The van der Waals surface area contributed by atoms with Crippen LogP contribution in [0.1, 0.15) is 63.8 Å². The zero-order valence-corrected chi connectivity index (χ0v) is 19.9. The number of carboxylic acid groups (broad SMARTS) is 1. The maximum absolute atomic E-state index is 13.6. The monoisotopic (exact) mass is 465 g/mol. The molecule has 0 radical (unpaired) electrons. The Labute approximate surface area is 204 Å². The second kappa shape index (κ2) is 12.1. The Bertz CT molecular complexity index is 1160. The number of amides is 1. The number of nitrogens with zero attached hydrogens (tertiary/aromatic N) is 1. The standard InChI is InChI=1S/C28H33NO5/c1-20(2)29(28(32)23-13-11-22(12-14-23)25-8-7-17-34-25)19-24-18-21(3)10-15-26(24)33-16-6-4-5-9-27(30)31/h7-8,10-15,17-18,20H,4-6,9,16,19H2,1-3H3,(H,30,31)/i19D2. The molecule has 0 spiro atoms. The minimum absolute atomic E-state index is 0.117. The van der Waals surface area contributed by atoms with E-state index in [9.17, 15) is 9.59 Å². The van der Waals surface area contributed by atoms with Gasteiger partial charge in [-0.15, -0.1) is 0 Å². The van der Waals surface area contributed by atoms with Crippen LogP contribution in [0.4, 0.5) is 0 Å². The van der Waals surface area contributed by atoms with Crippen LogP contribution >= 0.6 is 0 Å². The van der Waals surface area contributed by atoms with Gasteiger partial charge in [0.15, 0.2) is 0 Å². The smallest absolute Gasteiger partial charge is 0.303 e. The lowest BCUT2D eigenvalue weighted by atomic mass is 10.1. The predicted molar refractivity (Wildman–Crippen MR) is 132 cm³/mol. The number of rotatable bonds is 12. The van der Waals surface area contributed by atoms with Gasteiger partial charge in [-0.3, -0.25) is 9.59 Å². The van der Waals surface area contributed by atoms with E-state index in [-0.39, 0.29) is 12.0 Å². The number of hydrogen-bond acceptors (Lipinski definition) is 4. The summed E-state index contributed by atoms with van der Waals surface area (Å²) in [6.07, 6.45) is 3.62. The third-order valence-corrected chi connectivity index (χ3v) is 5.34. The minimum atomic E-state index is -2.14. The lowest BCUT2D eigenvalue weighted by molar-refractivity contribution is -0.137. The van der Waals surface area contributed by atoms with Crippen LogP contribution in [0.15, 0.2) is 65.3 Å². The largest absolute Gasteiger partial charge is 0.493 e. The molecule has 1 amide bonds. The molecule has 0 aliphatic rings. The molecular formula is C28H33NO5. The van der Waals surface area contributed by atoms with Gasteiger partial charge in [-0.25, -0.2) is 0 Å². The fraction of sp³-hybridized carbons (Fsp3) is 0.357. The summed E-state index contributed by atoms with van der Waals surface area (Å²) in [5, 5.41) is 8.77. The third-order valence-electron chi connectivity index (χ3n) is 5.34. The molecule has 0 atom stereocenters. The number of furan rings is 1. The average molecular weight is 466 g/mol. The molecule has 1 heterocycles. The van der Waals surface area contributed by atoms with E-state index in [2.05, 4.69) is 0 Å². The van der Waals surface area contributed by atoms with Crippen molar-refractivity contribution in [3.8, 4) is 17.1 Å². The van der Waals surface area contributed by atoms with Gasteiger partial charge in [0, 0.05) is 35.6 Å². The summed E-state index contributed by atoms with van der Waals surface area (Å²) in [7, 11) is 0. The van der Waals surface area contributed by atoms with Gasteiger partial charge in [0.2, 0.25) is 0 Å². The summed E-state index contributed by atoms with van der Waals surface area (Å²) in [6, 6.07) is 15.4. The van der Waals surface area contributed by atoms with Crippen molar-refractivity contribution in [3.05, 3.63) is 77.6 Å². The van der Waals surface area contributed by atoms with Gasteiger partial charge >= 0.3 is 5.97 Å². The lowest BCUT2D eigenvalue weighted by Crippen LogP contribution is -2.36. The van der Waals surface area contributed by atoms with E-state index in [1.54, 1.807) is 62.6 Å². The maximum atomic E-state index is 13.6. The van der Waals surface area contributed by atoms with Gasteiger partial charge in [-0.2, -0.15) is 0 Å². The van der Waals surface area contributed by atoms with Crippen LogP contribution in [0.3, 0.4) is 0 Å². The van der Waals surface area contributed by atoms with Crippen LogP contribution in [-0.2, 0) is 11.3 Å². The van der Waals surface area contributed by atoms with E-state index in [1.165, 1.54) is 4.90 Å². The Morgan fingerprint density at radius 1 is 1.09 bits per heavy atom. The highest BCUT2D eigenvalue weighted by atomic mass is 16.5. The summed E-state index contributed by atoms with van der Waals surface area (Å²) >= 11 is 0. The number of aryl methyl sites for hydroxylation is 1. The Morgan fingerprint density at radius 2 is 1.85 bits per heavy atom. The highest BCUT2D eigenvalue weighted by Gasteiger charge is 2.21. The number of unbranched alkanes of at least 4 members (excludes halogenated alkanes) is 2. The molecule has 34 heavy (non-hydrogen) atoms. The first-order chi connectivity index (χ1) is 17.1. The van der Waals surface area contributed by atoms with Gasteiger partial charge in [0.1, 0.15) is 11.5 Å². The molecule has 1 N–H and O–H groups in total. The Hall–Kier alpha value is -3.54. The zero-order valence-electron chi connectivity index (χ0n) is 21.9. The normalized spacial score (nSPS) is 12.2. The van der Waals surface area contributed by atoms with Crippen molar-refractivity contribution in [2.45, 2.75) is 59.0 Å². The Balaban J connectivity index is 1.82. The van der Waals surface area contributed by atoms with Gasteiger partial charge in [-0.05, 0) is 70.4 Å². The number of ether oxygens (including phenoxy) is 1. The van der Waals surface area contributed by atoms with Crippen LogP contribution in [0.25, 0.3) is 11.3 Å². The number of benzene rings is 2. The van der Waals surface area contributed by atoms with Crippen molar-refractivity contribution in [1.82, 2.24) is 4.90 Å². The predicted octanol–water partition coefficient (Wildman–Crippen LogP) is 6.33.